The van der Waals surface area contributed by atoms with Crippen LogP contribution in [0.5, 0.6) is 0 Å². The Kier molecular flexibility index (Phi) is 12.7. The number of carbonyl (C=O) groups is 5. The second-order valence-corrected chi connectivity index (χ2v) is 15.7. The van der Waals surface area contributed by atoms with Crippen LogP contribution in [-0.4, -0.2) is 72.2 Å². The number of carbonyl (C=O) groups excluding carboxylic acids is 5. The van der Waals surface area contributed by atoms with E-state index in [0.29, 0.717) is 34.4 Å². The number of H-pyrrole nitrogens is 1. The fourth-order valence-corrected chi connectivity index (χ4v) is 7.23. The molecule has 2 unspecified atom stereocenters. The van der Waals surface area contributed by atoms with Crippen molar-refractivity contribution in [2.75, 3.05) is 26.5 Å². The highest BCUT2D eigenvalue weighted by atomic mass is 16.6. The molecule has 2 aliphatic heterocycles. The van der Waals surface area contributed by atoms with E-state index in [-0.39, 0.29) is 23.6 Å². The van der Waals surface area contributed by atoms with Gasteiger partial charge in [-0.3, -0.25) is 24.8 Å². The van der Waals surface area contributed by atoms with E-state index in [0.717, 1.165) is 51.5 Å². The number of allylic oxidation sites excluding steroid dienone is 2. The van der Waals surface area contributed by atoms with Crippen LogP contribution in [0.25, 0.3) is 22.2 Å². The van der Waals surface area contributed by atoms with Gasteiger partial charge in [0.15, 0.2) is 0 Å². The standard InChI is InChI=1S/C25H29N3O5.C20H21N5O2/c1-15(29)26-18-11-20(23(30)32-6)19-13-21(27-22(19)12-18)17-9-7-8-16(10-17)14-28(5)24(31)33-25(2,3)4;1-11(26)23-14-7-15-18-16(10-22-25-20(15)27)19(24-17(18)8-14)13-5-3-4-12(6-13)9-21-2/h7-13,27H,14H2,1-6H3,(H,26,29);3-8,10,15,18,21-22H,9H2,1-2H3,(H,23,26)(H,25,27). The van der Waals surface area contributed by atoms with Crippen LogP contribution in [0.15, 0.2) is 107 Å². The van der Waals surface area contributed by atoms with Crippen molar-refractivity contribution in [2.24, 2.45) is 16.8 Å². The number of rotatable bonds is 9. The van der Waals surface area contributed by atoms with Gasteiger partial charge in [0.2, 0.25) is 17.7 Å². The normalized spacial score (nSPS) is 16.5. The molecule has 7 rings (SSSR count). The van der Waals surface area contributed by atoms with Gasteiger partial charge >= 0.3 is 12.1 Å². The lowest BCUT2D eigenvalue weighted by Gasteiger charge is -2.24. The molecule has 15 heteroatoms. The molecule has 0 radical (unpaired) electrons. The number of hydrogen-bond acceptors (Lipinski definition) is 10. The number of aliphatic imine (C=N–C) groups is 1. The Morgan fingerprint density at radius 1 is 0.917 bits per heavy atom. The predicted octanol–water partition coefficient (Wildman–Crippen LogP) is 5.82. The number of benzene rings is 3. The van der Waals surface area contributed by atoms with E-state index in [1.54, 1.807) is 25.3 Å². The highest BCUT2D eigenvalue weighted by molar-refractivity contribution is 6.16. The number of fused-ring (bicyclic) bond motifs is 1. The lowest BCUT2D eigenvalue weighted by Crippen LogP contribution is -2.39. The van der Waals surface area contributed by atoms with Crippen molar-refractivity contribution in [1.82, 2.24) is 31.4 Å². The fourth-order valence-electron chi connectivity index (χ4n) is 7.23. The molecule has 0 fully saturated rings. The van der Waals surface area contributed by atoms with E-state index in [2.05, 4.69) is 43.9 Å². The number of ether oxygens (including phenoxy) is 2. The van der Waals surface area contributed by atoms with Gasteiger partial charge in [-0.15, -0.1) is 0 Å². The monoisotopic (exact) mass is 814 g/mol. The van der Waals surface area contributed by atoms with Crippen molar-refractivity contribution < 1.29 is 33.4 Å². The molecule has 1 aromatic heterocycles. The minimum absolute atomic E-state index is 0.153. The average molecular weight is 815 g/mol. The van der Waals surface area contributed by atoms with Crippen LogP contribution in [0.4, 0.5) is 10.5 Å². The Balaban J connectivity index is 0.000000205. The summed E-state index contributed by atoms with van der Waals surface area (Å²) in [6.07, 6.45) is 5.05. The topological polar surface area (TPSA) is 195 Å². The van der Waals surface area contributed by atoms with E-state index in [9.17, 15) is 24.0 Å². The molecule has 4 aromatic rings. The Morgan fingerprint density at radius 2 is 1.62 bits per heavy atom. The van der Waals surface area contributed by atoms with Gasteiger partial charge in [-0.05, 0) is 87.0 Å². The lowest BCUT2D eigenvalue weighted by atomic mass is 9.79. The van der Waals surface area contributed by atoms with E-state index in [4.69, 9.17) is 14.5 Å². The molecule has 0 bridgehead atoms. The number of methoxy groups -OCH3 is 1. The maximum atomic E-state index is 12.5. The number of hydrazine groups is 1. The number of hydrogen-bond donors (Lipinski definition) is 6. The van der Waals surface area contributed by atoms with E-state index < -0.39 is 23.6 Å². The molecule has 312 valence electrons. The molecule has 3 heterocycles. The van der Waals surface area contributed by atoms with Crippen LogP contribution in [0, 0.1) is 11.8 Å². The van der Waals surface area contributed by atoms with Gasteiger partial charge < -0.3 is 40.7 Å². The summed E-state index contributed by atoms with van der Waals surface area (Å²) >= 11 is 0. The number of amides is 4. The van der Waals surface area contributed by atoms with Gasteiger partial charge in [-0.2, -0.15) is 0 Å². The molecular weight excluding hydrogens is 765 g/mol. The highest BCUT2D eigenvalue weighted by Crippen LogP contribution is 2.42. The van der Waals surface area contributed by atoms with Gasteiger partial charge in [0, 0.05) is 85.2 Å². The van der Waals surface area contributed by atoms with Crippen LogP contribution in [0.1, 0.15) is 61.7 Å². The highest BCUT2D eigenvalue weighted by Gasteiger charge is 2.42. The smallest absolute Gasteiger partial charge is 0.410 e. The maximum Gasteiger partial charge on any atom is 0.410 e. The largest absolute Gasteiger partial charge is 0.465 e. The molecule has 15 nitrogen and oxygen atoms in total. The van der Waals surface area contributed by atoms with Crippen LogP contribution < -0.4 is 26.8 Å². The van der Waals surface area contributed by atoms with Gasteiger partial charge in [-0.1, -0.05) is 36.4 Å². The number of esters is 1. The number of nitrogens with one attached hydrogen (secondary N) is 6. The van der Waals surface area contributed by atoms with Crippen molar-refractivity contribution in [3.63, 3.8) is 0 Å². The molecule has 0 saturated heterocycles. The lowest BCUT2D eigenvalue weighted by molar-refractivity contribution is -0.125. The van der Waals surface area contributed by atoms with Crippen molar-refractivity contribution in [2.45, 2.75) is 53.3 Å². The molecule has 4 amide bonds. The Labute approximate surface area is 348 Å². The summed E-state index contributed by atoms with van der Waals surface area (Å²) in [5, 5.41) is 9.31. The first-order valence-electron chi connectivity index (χ1n) is 19.4. The molecule has 2 atom stereocenters. The summed E-state index contributed by atoms with van der Waals surface area (Å²) in [5.41, 5.74) is 14.5. The zero-order chi connectivity index (χ0) is 43.3. The summed E-state index contributed by atoms with van der Waals surface area (Å²) in [6.45, 7) is 9.48. The first kappa shape index (κ1) is 42.6. The summed E-state index contributed by atoms with van der Waals surface area (Å²) in [6, 6.07) is 21.2. The Bertz CT molecular complexity index is 2490. The zero-order valence-electron chi connectivity index (χ0n) is 34.9. The predicted molar refractivity (Wildman–Crippen MR) is 229 cm³/mol. The van der Waals surface area contributed by atoms with Crippen LogP contribution >= 0.6 is 0 Å². The summed E-state index contributed by atoms with van der Waals surface area (Å²) in [4.78, 5) is 69.8. The molecule has 60 heavy (non-hydrogen) atoms. The van der Waals surface area contributed by atoms with Gasteiger partial charge in [-0.25, -0.2) is 9.59 Å². The van der Waals surface area contributed by atoms with Crippen molar-refractivity contribution in [3.8, 4) is 11.3 Å². The summed E-state index contributed by atoms with van der Waals surface area (Å²) < 4.78 is 10.3. The van der Waals surface area contributed by atoms with E-state index in [1.165, 1.54) is 25.9 Å². The van der Waals surface area contributed by atoms with Gasteiger partial charge in [0.1, 0.15) is 5.60 Å². The SMILES string of the molecule is CNCc1cccc(C2=NC3=CC(NC(C)=O)=CC4C(=O)NNC=C2C34)c1.COC(=O)c1cc(NC(C)=O)cc2[nH]c(-c3cccc(CN(C)C(=O)OC(C)(C)C)c3)cc12. The number of aromatic nitrogens is 1. The molecule has 3 aliphatic rings. The Hall–Kier alpha value is -7.00. The number of aromatic amines is 1. The van der Waals surface area contributed by atoms with Crippen molar-refractivity contribution in [1.29, 1.82) is 0 Å². The zero-order valence-corrected chi connectivity index (χ0v) is 34.9. The quantitative estimate of drug-likeness (QED) is 0.113. The van der Waals surface area contributed by atoms with Gasteiger partial charge in [0.25, 0.3) is 0 Å². The van der Waals surface area contributed by atoms with Crippen molar-refractivity contribution >= 4 is 52.1 Å². The number of nitrogens with zero attached hydrogens (tertiary/aromatic N) is 2. The molecule has 1 aliphatic carbocycles. The van der Waals surface area contributed by atoms with Crippen LogP contribution in [0.3, 0.4) is 0 Å². The fraction of sp³-hybridized carbons (Fsp3) is 0.289. The van der Waals surface area contributed by atoms with Crippen molar-refractivity contribution in [3.05, 3.63) is 124 Å². The number of anilines is 1. The minimum Gasteiger partial charge on any atom is -0.465 e. The maximum absolute atomic E-state index is 12.5. The minimum atomic E-state index is -0.564. The first-order valence-corrected chi connectivity index (χ1v) is 19.4. The van der Waals surface area contributed by atoms with E-state index >= 15 is 0 Å². The molecular formula is C45H50N8O7. The summed E-state index contributed by atoms with van der Waals surface area (Å²) in [7, 11) is 4.92. The second-order valence-electron chi connectivity index (χ2n) is 15.7. The average Bonchev–Trinajstić information content (AvgIpc) is 3.73. The molecule has 0 saturated carbocycles. The molecule has 3 aromatic carbocycles. The second kappa shape index (κ2) is 17.9. The third-order valence-electron chi connectivity index (χ3n) is 9.64. The van der Waals surface area contributed by atoms with E-state index in [1.807, 2.05) is 82.6 Å². The molecule has 0 spiro atoms. The third kappa shape index (κ3) is 9.99. The third-order valence-corrected chi connectivity index (χ3v) is 9.64. The Morgan fingerprint density at radius 3 is 2.30 bits per heavy atom. The summed E-state index contributed by atoms with van der Waals surface area (Å²) in [5.74, 6) is -1.67. The molecule has 6 N–H and O–H groups in total. The van der Waals surface area contributed by atoms with Gasteiger partial charge in [0.05, 0.1) is 30.0 Å². The van der Waals surface area contributed by atoms with Crippen LogP contribution in [0.2, 0.25) is 0 Å². The first-order chi connectivity index (χ1) is 28.5. The van der Waals surface area contributed by atoms with Crippen LogP contribution in [-0.2, 0) is 36.9 Å².